The van der Waals surface area contributed by atoms with Crippen molar-refractivity contribution in [3.8, 4) is 11.5 Å². The summed E-state index contributed by atoms with van der Waals surface area (Å²) >= 11 is 0. The van der Waals surface area contributed by atoms with E-state index in [-0.39, 0.29) is 5.60 Å². The molecule has 1 aromatic carbocycles. The van der Waals surface area contributed by atoms with Crippen molar-refractivity contribution in [3.63, 3.8) is 0 Å². The van der Waals surface area contributed by atoms with E-state index in [2.05, 4.69) is 62.3 Å². The molecule has 1 aliphatic heterocycles. The number of phenolic OH excluding ortho intramolecular Hbond substituents is 1. The predicted octanol–water partition coefficient (Wildman–Crippen LogP) is 12.7. The van der Waals surface area contributed by atoms with Gasteiger partial charge in [-0.25, -0.2) is 0 Å². The van der Waals surface area contributed by atoms with E-state index in [0.29, 0.717) is 11.7 Å². The quantitative estimate of drug-likeness (QED) is 0.165. The molecule has 0 aromatic heterocycles. The van der Waals surface area contributed by atoms with Crippen molar-refractivity contribution >= 4 is 0 Å². The van der Waals surface area contributed by atoms with E-state index in [1.165, 1.54) is 95.5 Å². The molecule has 1 N–H and O–H groups in total. The molecular formula is C40H72O2. The van der Waals surface area contributed by atoms with Gasteiger partial charge in [-0.1, -0.05) is 132 Å². The first-order valence-electron chi connectivity index (χ1n) is 18.3. The first-order chi connectivity index (χ1) is 19.7. The van der Waals surface area contributed by atoms with Crippen LogP contribution in [0.5, 0.6) is 11.5 Å². The van der Waals surface area contributed by atoms with Crippen LogP contribution in [0.1, 0.15) is 174 Å². The van der Waals surface area contributed by atoms with Gasteiger partial charge in [0.05, 0.1) is 0 Å². The van der Waals surface area contributed by atoms with E-state index in [1.54, 1.807) is 0 Å². The van der Waals surface area contributed by atoms with Gasteiger partial charge in [-0.05, 0) is 99.2 Å². The van der Waals surface area contributed by atoms with Crippen molar-refractivity contribution in [1.29, 1.82) is 0 Å². The van der Waals surface area contributed by atoms with Crippen LogP contribution >= 0.6 is 0 Å². The first kappa shape index (κ1) is 37.0. The van der Waals surface area contributed by atoms with Gasteiger partial charge >= 0.3 is 0 Å². The fourth-order valence-electron chi connectivity index (χ4n) is 7.40. The first-order valence-corrected chi connectivity index (χ1v) is 18.3. The highest BCUT2D eigenvalue weighted by atomic mass is 16.5. The van der Waals surface area contributed by atoms with Crippen LogP contribution < -0.4 is 4.74 Å². The van der Waals surface area contributed by atoms with Crippen LogP contribution in [0.2, 0.25) is 0 Å². The molecule has 6 unspecified atom stereocenters. The van der Waals surface area contributed by atoms with Crippen LogP contribution in [-0.2, 0) is 6.42 Å². The summed E-state index contributed by atoms with van der Waals surface area (Å²) in [6.07, 6.45) is 21.6. The number of aromatic hydroxyl groups is 1. The number of benzene rings is 1. The third-order valence-electron chi connectivity index (χ3n) is 11.3. The molecule has 0 bridgehead atoms. The zero-order valence-electron chi connectivity index (χ0n) is 30.1. The van der Waals surface area contributed by atoms with E-state index in [0.717, 1.165) is 64.9 Å². The Bertz CT molecular complexity index is 917. The number of hydrogen-bond donors (Lipinski definition) is 1. The lowest BCUT2D eigenvalue weighted by molar-refractivity contribution is 0.00546. The lowest BCUT2D eigenvalue weighted by atomic mass is 9.77. The maximum absolute atomic E-state index is 10.6. The normalized spacial score (nSPS) is 21.6. The maximum Gasteiger partial charge on any atom is 0.127 e. The monoisotopic (exact) mass is 585 g/mol. The standard InChI is InChI=1S/C40H72O2/c1-28(2)17-12-18-29(3)19-13-20-30(4)21-14-22-31(5)23-15-24-32(6)25-16-26-40(11)33(7)27-37-36(10)38(41)34(8)35(9)39(37)42-40/h28-33,41H,12-27H2,1-11H3. The van der Waals surface area contributed by atoms with E-state index in [1.807, 2.05) is 13.8 Å². The molecule has 0 saturated heterocycles. The van der Waals surface area contributed by atoms with Gasteiger partial charge in [0.25, 0.3) is 0 Å². The Balaban J connectivity index is 1.59. The van der Waals surface area contributed by atoms with Crippen LogP contribution in [0.25, 0.3) is 0 Å². The number of ether oxygens (including phenoxy) is 1. The second-order valence-electron chi connectivity index (χ2n) is 16.0. The minimum Gasteiger partial charge on any atom is -0.507 e. The lowest BCUT2D eigenvalue weighted by Crippen LogP contribution is -2.44. The smallest absolute Gasteiger partial charge is 0.127 e. The molecule has 0 fully saturated rings. The van der Waals surface area contributed by atoms with Gasteiger partial charge in [0.2, 0.25) is 0 Å². The van der Waals surface area contributed by atoms with Gasteiger partial charge in [-0.2, -0.15) is 0 Å². The lowest BCUT2D eigenvalue weighted by Gasteiger charge is -2.43. The molecule has 42 heavy (non-hydrogen) atoms. The molecule has 244 valence electrons. The Morgan fingerprint density at radius 3 is 1.48 bits per heavy atom. The summed E-state index contributed by atoms with van der Waals surface area (Å²) in [5, 5.41) is 10.6. The maximum atomic E-state index is 10.6. The molecule has 2 heteroatoms. The number of hydrogen-bond acceptors (Lipinski definition) is 2. The van der Waals surface area contributed by atoms with E-state index in [9.17, 15) is 5.11 Å². The molecule has 2 rings (SSSR count). The molecule has 2 nitrogen and oxygen atoms in total. The highest BCUT2D eigenvalue weighted by Crippen LogP contribution is 2.46. The van der Waals surface area contributed by atoms with E-state index < -0.39 is 0 Å². The average Bonchev–Trinajstić information content (AvgIpc) is 2.91. The van der Waals surface area contributed by atoms with Crippen LogP contribution in [0, 0.1) is 56.3 Å². The van der Waals surface area contributed by atoms with Crippen molar-refractivity contribution < 1.29 is 9.84 Å². The number of phenols is 1. The predicted molar refractivity (Wildman–Crippen MR) is 185 cm³/mol. The second-order valence-corrected chi connectivity index (χ2v) is 16.0. The van der Waals surface area contributed by atoms with Crippen molar-refractivity contribution in [2.75, 3.05) is 0 Å². The SMILES string of the molecule is Cc1c(C)c2c(c(C)c1O)CC(C)C(C)(CCCC(C)CCCC(C)CCCC(C)CCCC(C)CCCC(C)C)O2. The molecule has 0 spiro atoms. The summed E-state index contributed by atoms with van der Waals surface area (Å²) in [5.74, 6) is 6.28. The van der Waals surface area contributed by atoms with Gasteiger partial charge in [-0.15, -0.1) is 0 Å². The van der Waals surface area contributed by atoms with Crippen LogP contribution in [-0.4, -0.2) is 10.7 Å². The Hall–Kier alpha value is -1.18. The Kier molecular flexibility index (Phi) is 15.8. The number of fused-ring (bicyclic) bond motifs is 1. The van der Waals surface area contributed by atoms with E-state index >= 15 is 0 Å². The molecule has 1 aliphatic rings. The zero-order valence-corrected chi connectivity index (χ0v) is 30.1. The third-order valence-corrected chi connectivity index (χ3v) is 11.3. The average molecular weight is 585 g/mol. The summed E-state index contributed by atoms with van der Waals surface area (Å²) in [5.41, 5.74) is 4.18. The van der Waals surface area contributed by atoms with Crippen LogP contribution in [0.4, 0.5) is 0 Å². The molecule has 6 atom stereocenters. The van der Waals surface area contributed by atoms with Crippen molar-refractivity contribution in [1.82, 2.24) is 0 Å². The zero-order chi connectivity index (χ0) is 31.4. The topological polar surface area (TPSA) is 29.5 Å². The summed E-state index contributed by atoms with van der Waals surface area (Å²) < 4.78 is 6.77. The van der Waals surface area contributed by atoms with Gasteiger partial charge in [0.1, 0.15) is 17.1 Å². The third kappa shape index (κ3) is 11.7. The summed E-state index contributed by atoms with van der Waals surface area (Å²) in [6, 6.07) is 0. The molecule has 0 amide bonds. The van der Waals surface area contributed by atoms with E-state index in [4.69, 9.17) is 4.74 Å². The van der Waals surface area contributed by atoms with Crippen molar-refractivity contribution in [3.05, 3.63) is 22.3 Å². The van der Waals surface area contributed by atoms with Crippen molar-refractivity contribution in [2.24, 2.45) is 35.5 Å². The van der Waals surface area contributed by atoms with Gasteiger partial charge in [0.15, 0.2) is 0 Å². The molecule has 0 saturated carbocycles. The summed E-state index contributed by atoms with van der Waals surface area (Å²) in [7, 11) is 0. The highest BCUT2D eigenvalue weighted by Gasteiger charge is 2.39. The number of rotatable bonds is 20. The Morgan fingerprint density at radius 2 is 1.05 bits per heavy atom. The van der Waals surface area contributed by atoms with Crippen LogP contribution in [0.3, 0.4) is 0 Å². The van der Waals surface area contributed by atoms with Crippen LogP contribution in [0.15, 0.2) is 0 Å². The summed E-state index contributed by atoms with van der Waals surface area (Å²) in [4.78, 5) is 0. The van der Waals surface area contributed by atoms with Gasteiger partial charge < -0.3 is 9.84 Å². The molecular weight excluding hydrogens is 512 g/mol. The second kappa shape index (κ2) is 17.9. The minimum atomic E-state index is -0.120. The fraction of sp³-hybridized carbons (Fsp3) is 0.850. The minimum absolute atomic E-state index is 0.120. The van der Waals surface area contributed by atoms with Crippen molar-refractivity contribution in [2.45, 2.75) is 184 Å². The molecule has 0 radical (unpaired) electrons. The largest absolute Gasteiger partial charge is 0.507 e. The molecule has 1 aromatic rings. The Morgan fingerprint density at radius 1 is 0.643 bits per heavy atom. The van der Waals surface area contributed by atoms with Gasteiger partial charge in [0, 0.05) is 5.56 Å². The highest BCUT2D eigenvalue weighted by molar-refractivity contribution is 5.58. The fourth-order valence-corrected chi connectivity index (χ4v) is 7.40. The Labute approximate surface area is 263 Å². The van der Waals surface area contributed by atoms with Gasteiger partial charge in [-0.3, -0.25) is 0 Å². The molecule has 0 aliphatic carbocycles. The molecule has 1 heterocycles. The summed E-state index contributed by atoms with van der Waals surface area (Å²) in [6.45, 7) is 25.4.